The van der Waals surface area contributed by atoms with Gasteiger partial charge in [0.05, 0.1) is 12.7 Å². The van der Waals surface area contributed by atoms with Gasteiger partial charge in [0.15, 0.2) is 11.5 Å². The first kappa shape index (κ1) is 10.4. The van der Waals surface area contributed by atoms with Crippen molar-refractivity contribution in [3.8, 4) is 0 Å². The van der Waals surface area contributed by atoms with E-state index in [9.17, 15) is 4.55 Å². The molecular formula is C9H14N2OS. The molecule has 1 rings (SSSR count). The standard InChI is InChI=1S/C9H14N2OS/c1-10(2)13(12)11(3)9-7-5-4-6-8-9/h4-8H,1-3H3. The van der Waals surface area contributed by atoms with Gasteiger partial charge < -0.3 is 4.55 Å². The lowest BCUT2D eigenvalue weighted by Gasteiger charge is -2.24. The quantitative estimate of drug-likeness (QED) is 0.685. The minimum absolute atomic E-state index is 0.953. The molecule has 0 aliphatic carbocycles. The molecule has 4 heteroatoms. The third-order valence-corrected chi connectivity index (χ3v) is 2.97. The van der Waals surface area contributed by atoms with Crippen LogP contribution in [0, 0.1) is 0 Å². The van der Waals surface area contributed by atoms with E-state index >= 15 is 0 Å². The number of benzene rings is 1. The first-order valence-electron chi connectivity index (χ1n) is 4.01. The SMILES string of the molecule is CN(C)[S+]([O-])N(C)c1ccccc1. The maximum atomic E-state index is 11.6. The van der Waals surface area contributed by atoms with Crippen LogP contribution in [0.4, 0.5) is 5.69 Å². The fraction of sp³-hybridized carbons (Fsp3) is 0.333. The Kier molecular flexibility index (Phi) is 3.59. The predicted molar refractivity (Wildman–Crippen MR) is 56.7 cm³/mol. The van der Waals surface area contributed by atoms with Crippen LogP contribution in [0.15, 0.2) is 30.3 Å². The number of para-hydroxylation sites is 1. The van der Waals surface area contributed by atoms with Crippen molar-refractivity contribution in [3.05, 3.63) is 30.3 Å². The van der Waals surface area contributed by atoms with Gasteiger partial charge in [0.2, 0.25) is 0 Å². The Morgan fingerprint density at radius 1 is 1.08 bits per heavy atom. The Labute approximate surface area is 82.4 Å². The summed E-state index contributed by atoms with van der Waals surface area (Å²) in [6, 6.07) is 9.66. The van der Waals surface area contributed by atoms with Crippen LogP contribution in [-0.4, -0.2) is 30.0 Å². The second kappa shape index (κ2) is 4.50. The zero-order chi connectivity index (χ0) is 9.84. The van der Waals surface area contributed by atoms with Crippen molar-refractivity contribution in [2.45, 2.75) is 0 Å². The van der Waals surface area contributed by atoms with Crippen LogP contribution < -0.4 is 4.31 Å². The molecule has 0 fully saturated rings. The third-order valence-electron chi connectivity index (χ3n) is 1.67. The van der Waals surface area contributed by atoms with Gasteiger partial charge in [-0.25, -0.2) is 0 Å². The van der Waals surface area contributed by atoms with Crippen LogP contribution in [-0.2, 0) is 11.5 Å². The topological polar surface area (TPSA) is 29.5 Å². The maximum absolute atomic E-state index is 11.6. The highest BCUT2D eigenvalue weighted by Gasteiger charge is 2.17. The molecule has 0 aliphatic heterocycles. The highest BCUT2D eigenvalue weighted by molar-refractivity contribution is 7.90. The fourth-order valence-corrected chi connectivity index (χ4v) is 1.77. The lowest BCUT2D eigenvalue weighted by molar-refractivity contribution is 0.518. The molecule has 0 spiro atoms. The van der Waals surface area contributed by atoms with E-state index in [-0.39, 0.29) is 0 Å². The Balaban J connectivity index is 2.73. The van der Waals surface area contributed by atoms with Crippen molar-refractivity contribution in [2.75, 3.05) is 25.4 Å². The molecule has 0 saturated heterocycles. The zero-order valence-corrected chi connectivity index (χ0v) is 8.91. The van der Waals surface area contributed by atoms with E-state index in [1.807, 2.05) is 37.4 Å². The molecule has 0 aliphatic rings. The summed E-state index contributed by atoms with van der Waals surface area (Å²) in [6.45, 7) is 0. The zero-order valence-electron chi connectivity index (χ0n) is 8.10. The molecular weight excluding hydrogens is 184 g/mol. The van der Waals surface area contributed by atoms with Crippen LogP contribution in [0.1, 0.15) is 0 Å². The molecule has 72 valence electrons. The lowest BCUT2D eigenvalue weighted by Crippen LogP contribution is -2.37. The van der Waals surface area contributed by atoms with E-state index < -0.39 is 11.5 Å². The predicted octanol–water partition coefficient (Wildman–Crippen LogP) is 1.26. The molecule has 1 unspecified atom stereocenters. The van der Waals surface area contributed by atoms with E-state index in [4.69, 9.17) is 0 Å². The second-order valence-electron chi connectivity index (χ2n) is 2.88. The molecule has 0 bridgehead atoms. The molecule has 13 heavy (non-hydrogen) atoms. The van der Waals surface area contributed by atoms with Crippen LogP contribution in [0.2, 0.25) is 0 Å². The third kappa shape index (κ3) is 2.62. The largest absolute Gasteiger partial charge is 0.573 e. The summed E-state index contributed by atoms with van der Waals surface area (Å²) in [6.07, 6.45) is 0. The minimum Gasteiger partial charge on any atom is -0.573 e. The summed E-state index contributed by atoms with van der Waals surface area (Å²) in [7, 11) is 5.39. The number of anilines is 1. The summed E-state index contributed by atoms with van der Waals surface area (Å²) >= 11 is -1.10. The average molecular weight is 198 g/mol. The highest BCUT2D eigenvalue weighted by Crippen LogP contribution is 2.15. The lowest BCUT2D eigenvalue weighted by atomic mass is 10.3. The molecule has 1 atom stereocenters. The smallest absolute Gasteiger partial charge is 0.168 e. The van der Waals surface area contributed by atoms with Crippen molar-refractivity contribution in [1.82, 2.24) is 4.31 Å². The Bertz CT molecular complexity index is 253. The maximum Gasteiger partial charge on any atom is 0.168 e. The van der Waals surface area contributed by atoms with Crippen molar-refractivity contribution < 1.29 is 4.55 Å². The van der Waals surface area contributed by atoms with E-state index in [2.05, 4.69) is 0 Å². The van der Waals surface area contributed by atoms with Gasteiger partial charge in [0, 0.05) is 14.1 Å². The van der Waals surface area contributed by atoms with Crippen molar-refractivity contribution >= 4 is 17.2 Å². The van der Waals surface area contributed by atoms with Gasteiger partial charge in [-0.05, 0) is 12.1 Å². The second-order valence-corrected chi connectivity index (χ2v) is 4.62. The van der Waals surface area contributed by atoms with Crippen molar-refractivity contribution in [3.63, 3.8) is 0 Å². The molecule has 0 amide bonds. The van der Waals surface area contributed by atoms with Gasteiger partial charge in [-0.2, -0.15) is 4.31 Å². The van der Waals surface area contributed by atoms with Gasteiger partial charge in [0.25, 0.3) is 0 Å². The molecule has 3 nitrogen and oxygen atoms in total. The van der Waals surface area contributed by atoms with Crippen LogP contribution in [0.3, 0.4) is 0 Å². The van der Waals surface area contributed by atoms with Gasteiger partial charge >= 0.3 is 0 Å². The number of rotatable bonds is 3. The Morgan fingerprint density at radius 3 is 2.08 bits per heavy atom. The normalized spacial score (nSPS) is 13.0. The van der Waals surface area contributed by atoms with Crippen molar-refractivity contribution in [2.24, 2.45) is 0 Å². The molecule has 1 aromatic carbocycles. The molecule has 0 radical (unpaired) electrons. The molecule has 0 N–H and O–H groups in total. The summed E-state index contributed by atoms with van der Waals surface area (Å²) in [5.74, 6) is 0. The van der Waals surface area contributed by atoms with Crippen LogP contribution in [0.25, 0.3) is 0 Å². The van der Waals surface area contributed by atoms with Crippen LogP contribution in [0.5, 0.6) is 0 Å². The van der Waals surface area contributed by atoms with Crippen molar-refractivity contribution in [1.29, 1.82) is 0 Å². The average Bonchev–Trinajstić information content (AvgIpc) is 2.17. The summed E-state index contributed by atoms with van der Waals surface area (Å²) < 4.78 is 15.0. The van der Waals surface area contributed by atoms with Crippen LogP contribution >= 0.6 is 0 Å². The van der Waals surface area contributed by atoms with Gasteiger partial charge in [0.1, 0.15) is 0 Å². The van der Waals surface area contributed by atoms with Gasteiger partial charge in [-0.15, -0.1) is 4.31 Å². The molecule has 0 aromatic heterocycles. The fourth-order valence-electron chi connectivity index (χ4n) is 0.973. The first-order valence-corrected chi connectivity index (χ1v) is 5.07. The summed E-state index contributed by atoms with van der Waals surface area (Å²) in [4.78, 5) is 0. The minimum atomic E-state index is -1.10. The van der Waals surface area contributed by atoms with Gasteiger partial charge in [-0.3, -0.25) is 0 Å². The summed E-state index contributed by atoms with van der Waals surface area (Å²) in [5, 5.41) is 0. The van der Waals surface area contributed by atoms with E-state index in [0.717, 1.165) is 5.69 Å². The molecule has 1 aromatic rings. The van der Waals surface area contributed by atoms with E-state index in [1.165, 1.54) is 0 Å². The van der Waals surface area contributed by atoms with E-state index in [1.54, 1.807) is 22.7 Å². The summed E-state index contributed by atoms with van der Waals surface area (Å²) in [5.41, 5.74) is 0.953. The van der Waals surface area contributed by atoms with E-state index in [0.29, 0.717) is 0 Å². The molecule has 0 saturated carbocycles. The first-order chi connectivity index (χ1) is 6.13. The number of hydrogen-bond acceptors (Lipinski definition) is 3. The van der Waals surface area contributed by atoms with Gasteiger partial charge in [-0.1, -0.05) is 18.2 Å². The monoisotopic (exact) mass is 198 g/mol. The Morgan fingerprint density at radius 2 is 1.62 bits per heavy atom. The number of hydrogen-bond donors (Lipinski definition) is 0. The highest BCUT2D eigenvalue weighted by atomic mass is 32.2. The molecule has 0 heterocycles. The Hall–Kier alpha value is -0.710. The number of nitrogens with zero attached hydrogens (tertiary/aromatic N) is 2.